The van der Waals surface area contributed by atoms with E-state index in [-0.39, 0.29) is 29.4 Å². The molecular formula is C17H21F3N4O. The highest BCUT2D eigenvalue weighted by molar-refractivity contribution is 5.81. The quantitative estimate of drug-likeness (QED) is 0.902. The predicted octanol–water partition coefficient (Wildman–Crippen LogP) is 2.64. The lowest BCUT2D eigenvalue weighted by atomic mass is 9.79. The lowest BCUT2D eigenvalue weighted by Gasteiger charge is -2.42. The highest BCUT2D eigenvalue weighted by Crippen LogP contribution is 2.32. The van der Waals surface area contributed by atoms with Crippen molar-refractivity contribution in [2.24, 2.45) is 11.1 Å². The smallest absolute Gasteiger partial charge is 0.340 e. The zero-order valence-corrected chi connectivity index (χ0v) is 14.2. The monoisotopic (exact) mass is 354 g/mol. The molecule has 2 aromatic rings. The number of fused-ring (bicyclic) bond motifs is 1. The highest BCUT2D eigenvalue weighted by atomic mass is 19.4. The normalized spacial score (nSPS) is 20.9. The molecule has 0 bridgehead atoms. The number of hydrogen-bond acceptors (Lipinski definition) is 3. The Bertz CT molecular complexity index is 797. The summed E-state index contributed by atoms with van der Waals surface area (Å²) in [7, 11) is 0. The van der Waals surface area contributed by atoms with Crippen LogP contribution < -0.4 is 5.73 Å². The number of halogens is 3. The topological polar surface area (TPSA) is 64.2 Å². The molecule has 136 valence electrons. The van der Waals surface area contributed by atoms with Crippen molar-refractivity contribution < 1.29 is 18.0 Å². The van der Waals surface area contributed by atoms with Gasteiger partial charge in [-0.3, -0.25) is 4.79 Å². The van der Waals surface area contributed by atoms with Gasteiger partial charge in [-0.2, -0.15) is 13.2 Å². The number of hydrogen-bond donors (Lipinski definition) is 1. The Kier molecular flexibility index (Phi) is 4.26. The van der Waals surface area contributed by atoms with Gasteiger partial charge < -0.3 is 15.2 Å². The number of carbonyl (C=O) groups excluding carboxylic acids is 1. The largest absolute Gasteiger partial charge is 0.449 e. The van der Waals surface area contributed by atoms with Crippen LogP contribution in [0.2, 0.25) is 0 Å². The number of nitrogens with zero attached hydrogens (tertiary/aromatic N) is 3. The van der Waals surface area contributed by atoms with Crippen LogP contribution in [0, 0.1) is 5.41 Å². The van der Waals surface area contributed by atoms with Crippen LogP contribution in [0.15, 0.2) is 24.3 Å². The number of aromatic nitrogens is 2. The maximum Gasteiger partial charge on any atom is 0.449 e. The molecule has 2 heterocycles. The van der Waals surface area contributed by atoms with Crippen molar-refractivity contribution in [3.05, 3.63) is 30.1 Å². The fraction of sp³-hybridized carbons (Fsp3) is 0.529. The van der Waals surface area contributed by atoms with Crippen LogP contribution in [0.1, 0.15) is 26.1 Å². The van der Waals surface area contributed by atoms with Crippen LogP contribution in [0.4, 0.5) is 13.2 Å². The van der Waals surface area contributed by atoms with Gasteiger partial charge >= 0.3 is 6.18 Å². The number of rotatable bonds is 2. The number of benzene rings is 1. The average Bonchev–Trinajstić information content (AvgIpc) is 2.89. The molecule has 1 aliphatic heterocycles. The van der Waals surface area contributed by atoms with Crippen LogP contribution in [-0.4, -0.2) is 39.5 Å². The summed E-state index contributed by atoms with van der Waals surface area (Å²) < 4.78 is 40.9. The van der Waals surface area contributed by atoms with Gasteiger partial charge in [-0.1, -0.05) is 26.0 Å². The zero-order valence-electron chi connectivity index (χ0n) is 14.2. The summed E-state index contributed by atoms with van der Waals surface area (Å²) in [6.45, 7) is 4.43. The molecule has 1 atom stereocenters. The second-order valence-electron chi connectivity index (χ2n) is 7.21. The number of para-hydroxylation sites is 2. The van der Waals surface area contributed by atoms with Crippen molar-refractivity contribution in [2.75, 3.05) is 13.1 Å². The Morgan fingerprint density at radius 3 is 2.68 bits per heavy atom. The Morgan fingerprint density at radius 1 is 1.36 bits per heavy atom. The minimum absolute atomic E-state index is 0.0311. The van der Waals surface area contributed by atoms with Crippen LogP contribution in [0.25, 0.3) is 11.0 Å². The van der Waals surface area contributed by atoms with E-state index in [1.54, 1.807) is 23.1 Å². The summed E-state index contributed by atoms with van der Waals surface area (Å²) >= 11 is 0. The van der Waals surface area contributed by atoms with Gasteiger partial charge in [-0.25, -0.2) is 4.98 Å². The molecular weight excluding hydrogens is 333 g/mol. The first kappa shape index (κ1) is 17.7. The second kappa shape index (κ2) is 6.01. The van der Waals surface area contributed by atoms with Gasteiger partial charge in [0.25, 0.3) is 0 Å². The molecule has 0 aliphatic carbocycles. The van der Waals surface area contributed by atoms with E-state index in [1.807, 2.05) is 13.8 Å². The fourth-order valence-electron chi connectivity index (χ4n) is 3.27. The Labute approximate surface area is 143 Å². The fourth-order valence-corrected chi connectivity index (χ4v) is 3.27. The molecule has 1 saturated heterocycles. The van der Waals surface area contributed by atoms with E-state index in [0.717, 1.165) is 4.57 Å². The SMILES string of the molecule is CC1(C)CN(C(=O)Cn2c(C(F)(F)F)nc3ccccc32)CCC1N. The van der Waals surface area contributed by atoms with Crippen LogP contribution in [0.3, 0.4) is 0 Å². The zero-order chi connectivity index (χ0) is 18.4. The van der Waals surface area contributed by atoms with Gasteiger partial charge in [0, 0.05) is 19.1 Å². The lowest BCUT2D eigenvalue weighted by Crippen LogP contribution is -2.54. The van der Waals surface area contributed by atoms with Crippen molar-refractivity contribution in [2.45, 2.75) is 39.0 Å². The van der Waals surface area contributed by atoms with E-state index in [9.17, 15) is 18.0 Å². The third kappa shape index (κ3) is 3.35. The number of likely N-dealkylation sites (tertiary alicyclic amines) is 1. The average molecular weight is 354 g/mol. The van der Waals surface area contributed by atoms with Crippen molar-refractivity contribution in [3.8, 4) is 0 Å². The van der Waals surface area contributed by atoms with Crippen LogP contribution in [0.5, 0.6) is 0 Å². The Balaban J connectivity index is 1.91. The van der Waals surface area contributed by atoms with E-state index in [4.69, 9.17) is 5.73 Å². The number of amides is 1. The third-order valence-electron chi connectivity index (χ3n) is 4.87. The Morgan fingerprint density at radius 2 is 2.04 bits per heavy atom. The summed E-state index contributed by atoms with van der Waals surface area (Å²) in [4.78, 5) is 17.9. The van der Waals surface area contributed by atoms with Crippen molar-refractivity contribution >= 4 is 16.9 Å². The number of piperidine rings is 1. The molecule has 1 aliphatic rings. The number of imidazole rings is 1. The molecule has 1 amide bonds. The van der Waals surface area contributed by atoms with Crippen molar-refractivity contribution in [3.63, 3.8) is 0 Å². The summed E-state index contributed by atoms with van der Waals surface area (Å²) in [5, 5.41) is 0. The van der Waals surface area contributed by atoms with Gasteiger partial charge in [0.1, 0.15) is 6.54 Å². The van der Waals surface area contributed by atoms with E-state index in [1.165, 1.54) is 6.07 Å². The molecule has 0 spiro atoms. The maximum absolute atomic E-state index is 13.3. The minimum Gasteiger partial charge on any atom is -0.340 e. The lowest BCUT2D eigenvalue weighted by molar-refractivity contribution is -0.148. The molecule has 1 fully saturated rings. The van der Waals surface area contributed by atoms with Gasteiger partial charge in [-0.05, 0) is 24.0 Å². The first-order chi connectivity index (χ1) is 11.6. The molecule has 1 unspecified atom stereocenters. The van der Waals surface area contributed by atoms with Gasteiger partial charge in [0.05, 0.1) is 11.0 Å². The summed E-state index contributed by atoms with van der Waals surface area (Å²) in [5.74, 6) is -1.40. The van der Waals surface area contributed by atoms with Gasteiger partial charge in [0.2, 0.25) is 11.7 Å². The molecule has 8 heteroatoms. The van der Waals surface area contributed by atoms with Crippen molar-refractivity contribution in [1.82, 2.24) is 14.5 Å². The first-order valence-corrected chi connectivity index (χ1v) is 8.15. The van der Waals surface area contributed by atoms with Crippen molar-refractivity contribution in [1.29, 1.82) is 0 Å². The van der Waals surface area contributed by atoms with Gasteiger partial charge in [-0.15, -0.1) is 0 Å². The molecule has 1 aromatic carbocycles. The van der Waals surface area contributed by atoms with Crippen LogP contribution >= 0.6 is 0 Å². The molecule has 3 rings (SSSR count). The molecule has 25 heavy (non-hydrogen) atoms. The minimum atomic E-state index is -4.62. The summed E-state index contributed by atoms with van der Waals surface area (Å²) in [6.07, 6.45) is -3.99. The molecule has 5 nitrogen and oxygen atoms in total. The maximum atomic E-state index is 13.3. The highest BCUT2D eigenvalue weighted by Gasteiger charge is 2.39. The molecule has 1 aromatic heterocycles. The van der Waals surface area contributed by atoms with E-state index in [2.05, 4.69) is 4.98 Å². The van der Waals surface area contributed by atoms with Gasteiger partial charge in [0.15, 0.2) is 0 Å². The third-order valence-corrected chi connectivity index (χ3v) is 4.87. The molecule has 2 N–H and O–H groups in total. The summed E-state index contributed by atoms with van der Waals surface area (Å²) in [6, 6.07) is 6.27. The number of alkyl halides is 3. The first-order valence-electron chi connectivity index (χ1n) is 8.15. The number of carbonyl (C=O) groups is 1. The number of nitrogens with two attached hydrogens (primary N) is 1. The predicted molar refractivity (Wildman–Crippen MR) is 87.7 cm³/mol. The Hall–Kier alpha value is -2.09. The van der Waals surface area contributed by atoms with E-state index >= 15 is 0 Å². The standard InChI is InChI=1S/C17H21F3N4O/c1-16(2)10-23(8-7-13(16)21)14(25)9-24-12-6-4-3-5-11(12)22-15(24)17(18,19)20/h3-6,13H,7-10,21H2,1-2H3. The van der Waals surface area contributed by atoms with E-state index < -0.39 is 12.0 Å². The molecule has 0 radical (unpaired) electrons. The van der Waals surface area contributed by atoms with E-state index in [0.29, 0.717) is 25.0 Å². The summed E-state index contributed by atoms with van der Waals surface area (Å²) in [5.41, 5.74) is 6.33. The second-order valence-corrected chi connectivity index (χ2v) is 7.21. The van der Waals surface area contributed by atoms with Crippen LogP contribution in [-0.2, 0) is 17.5 Å². The molecule has 0 saturated carbocycles.